The number of hydrogen-bond acceptors (Lipinski definition) is 4. The summed E-state index contributed by atoms with van der Waals surface area (Å²) in [6, 6.07) is 25.1. The fourth-order valence-corrected chi connectivity index (χ4v) is 3.35. The Morgan fingerprint density at radius 1 is 0.500 bits per heavy atom. The van der Waals surface area contributed by atoms with E-state index in [1.54, 1.807) is 74.9 Å². The summed E-state index contributed by atoms with van der Waals surface area (Å²) in [5.74, 6) is 1.30. The molecule has 0 saturated carbocycles. The monoisotopic (exact) mass is 396 g/mol. The van der Waals surface area contributed by atoms with Crippen LogP contribution >= 0.6 is 0 Å². The van der Waals surface area contributed by atoms with Gasteiger partial charge in [0.2, 0.25) is 0 Å². The normalized spacial score (nSPS) is 10.6. The molecule has 0 heterocycles. The predicted octanol–water partition coefficient (Wildman–Crippen LogP) is 5.32. The molecule has 30 heavy (non-hydrogen) atoms. The molecule has 0 saturated heterocycles. The zero-order valence-electron chi connectivity index (χ0n) is 16.7. The minimum absolute atomic E-state index is 0.0575. The molecule has 148 valence electrons. The molecule has 4 aromatic rings. The van der Waals surface area contributed by atoms with Gasteiger partial charge in [0.05, 0.1) is 14.2 Å². The fourth-order valence-electron chi connectivity index (χ4n) is 3.35. The average molecular weight is 396 g/mol. The van der Waals surface area contributed by atoms with Gasteiger partial charge in [-0.15, -0.1) is 0 Å². The Balaban J connectivity index is 1.61. The van der Waals surface area contributed by atoms with E-state index in [-0.39, 0.29) is 11.6 Å². The Morgan fingerprint density at radius 2 is 0.833 bits per heavy atom. The SMILES string of the molecule is COc1ccc(C(=O)c2ccc3cc(C(=O)c4ccc(OC)cc4)ccc3c2)cc1. The van der Waals surface area contributed by atoms with Crippen molar-refractivity contribution in [1.82, 2.24) is 0 Å². The van der Waals surface area contributed by atoms with Crippen molar-refractivity contribution in [3.05, 3.63) is 107 Å². The molecule has 0 radical (unpaired) electrons. The first-order chi connectivity index (χ1) is 14.6. The van der Waals surface area contributed by atoms with Gasteiger partial charge in [0.25, 0.3) is 0 Å². The topological polar surface area (TPSA) is 52.6 Å². The van der Waals surface area contributed by atoms with Crippen LogP contribution in [0.5, 0.6) is 11.5 Å². The zero-order valence-corrected chi connectivity index (χ0v) is 16.7. The summed E-state index contributed by atoms with van der Waals surface area (Å²) in [6.45, 7) is 0. The maximum atomic E-state index is 12.8. The fraction of sp³-hybridized carbons (Fsp3) is 0.0769. The molecule has 0 atom stereocenters. The molecule has 0 bridgehead atoms. The number of hydrogen-bond donors (Lipinski definition) is 0. The third-order valence-corrected chi connectivity index (χ3v) is 5.07. The summed E-state index contributed by atoms with van der Waals surface area (Å²) in [4.78, 5) is 25.6. The van der Waals surface area contributed by atoms with Gasteiger partial charge in [0, 0.05) is 22.3 Å². The van der Waals surface area contributed by atoms with E-state index in [1.165, 1.54) is 0 Å². The molecule has 0 aliphatic carbocycles. The Bertz CT molecular complexity index is 1120. The second kappa shape index (κ2) is 8.21. The first-order valence-corrected chi connectivity index (χ1v) is 9.50. The highest BCUT2D eigenvalue weighted by Crippen LogP contribution is 2.23. The van der Waals surface area contributed by atoms with Crippen LogP contribution in [0.25, 0.3) is 10.8 Å². The summed E-state index contributed by atoms with van der Waals surface area (Å²) >= 11 is 0. The summed E-state index contributed by atoms with van der Waals surface area (Å²) in [7, 11) is 3.18. The lowest BCUT2D eigenvalue weighted by Gasteiger charge is -2.07. The van der Waals surface area contributed by atoms with Gasteiger partial charge in [-0.1, -0.05) is 24.3 Å². The minimum Gasteiger partial charge on any atom is -0.497 e. The molecular formula is C26H20O4. The molecule has 0 N–H and O–H groups in total. The molecule has 4 aromatic carbocycles. The summed E-state index contributed by atoms with van der Waals surface area (Å²) in [5, 5.41) is 1.81. The smallest absolute Gasteiger partial charge is 0.193 e. The summed E-state index contributed by atoms with van der Waals surface area (Å²) in [5.41, 5.74) is 2.40. The van der Waals surface area contributed by atoms with Crippen molar-refractivity contribution in [2.24, 2.45) is 0 Å². The van der Waals surface area contributed by atoms with Crippen molar-refractivity contribution < 1.29 is 19.1 Å². The Hall–Kier alpha value is -3.92. The van der Waals surface area contributed by atoms with Crippen molar-refractivity contribution in [2.45, 2.75) is 0 Å². The molecule has 0 unspecified atom stereocenters. The van der Waals surface area contributed by atoms with Gasteiger partial charge in [-0.2, -0.15) is 0 Å². The molecule has 4 nitrogen and oxygen atoms in total. The molecule has 0 amide bonds. The van der Waals surface area contributed by atoms with Gasteiger partial charge in [0.1, 0.15) is 11.5 Å². The third-order valence-electron chi connectivity index (χ3n) is 5.07. The van der Waals surface area contributed by atoms with Gasteiger partial charge in [-0.3, -0.25) is 9.59 Å². The van der Waals surface area contributed by atoms with E-state index < -0.39 is 0 Å². The van der Waals surface area contributed by atoms with Gasteiger partial charge in [0.15, 0.2) is 11.6 Å². The number of rotatable bonds is 6. The number of carbonyl (C=O) groups is 2. The van der Waals surface area contributed by atoms with Crippen molar-refractivity contribution in [3.8, 4) is 11.5 Å². The van der Waals surface area contributed by atoms with E-state index in [0.29, 0.717) is 33.8 Å². The largest absolute Gasteiger partial charge is 0.497 e. The molecule has 0 fully saturated rings. The van der Waals surface area contributed by atoms with Crippen LogP contribution in [0.1, 0.15) is 31.8 Å². The molecule has 0 spiro atoms. The van der Waals surface area contributed by atoms with Crippen LogP contribution in [0.3, 0.4) is 0 Å². The van der Waals surface area contributed by atoms with Gasteiger partial charge < -0.3 is 9.47 Å². The van der Waals surface area contributed by atoms with Crippen LogP contribution < -0.4 is 9.47 Å². The van der Waals surface area contributed by atoms with Crippen LogP contribution in [-0.4, -0.2) is 25.8 Å². The summed E-state index contributed by atoms with van der Waals surface area (Å²) < 4.78 is 10.3. The van der Waals surface area contributed by atoms with Crippen LogP contribution in [0.2, 0.25) is 0 Å². The van der Waals surface area contributed by atoms with Crippen molar-refractivity contribution in [2.75, 3.05) is 14.2 Å². The third kappa shape index (κ3) is 3.80. The van der Waals surface area contributed by atoms with Crippen LogP contribution in [0, 0.1) is 0 Å². The van der Waals surface area contributed by atoms with Crippen LogP contribution in [0.15, 0.2) is 84.9 Å². The lowest BCUT2D eigenvalue weighted by Crippen LogP contribution is -2.02. The van der Waals surface area contributed by atoms with E-state index in [1.807, 2.05) is 24.3 Å². The van der Waals surface area contributed by atoms with Crippen molar-refractivity contribution in [3.63, 3.8) is 0 Å². The predicted molar refractivity (Wildman–Crippen MR) is 117 cm³/mol. The van der Waals surface area contributed by atoms with E-state index in [4.69, 9.17) is 9.47 Å². The molecule has 0 aliphatic rings. The zero-order chi connectivity index (χ0) is 21.1. The first kappa shape index (κ1) is 19.4. The van der Waals surface area contributed by atoms with E-state index in [0.717, 1.165) is 10.8 Å². The Labute approximate surface area is 174 Å². The van der Waals surface area contributed by atoms with Gasteiger partial charge in [-0.25, -0.2) is 0 Å². The number of ketones is 2. The van der Waals surface area contributed by atoms with E-state index >= 15 is 0 Å². The lowest BCUT2D eigenvalue weighted by atomic mass is 9.96. The molecule has 4 rings (SSSR count). The first-order valence-electron chi connectivity index (χ1n) is 9.50. The number of ether oxygens (including phenoxy) is 2. The van der Waals surface area contributed by atoms with Crippen LogP contribution in [0.4, 0.5) is 0 Å². The maximum Gasteiger partial charge on any atom is 0.193 e. The van der Waals surface area contributed by atoms with Crippen molar-refractivity contribution >= 4 is 22.3 Å². The highest BCUT2D eigenvalue weighted by atomic mass is 16.5. The minimum atomic E-state index is -0.0575. The van der Waals surface area contributed by atoms with Crippen molar-refractivity contribution in [1.29, 1.82) is 0 Å². The Kier molecular flexibility index (Phi) is 5.31. The molecule has 0 aliphatic heterocycles. The second-order valence-corrected chi connectivity index (χ2v) is 6.89. The quantitative estimate of drug-likeness (QED) is 0.414. The standard InChI is InChI=1S/C26H20O4/c1-29-23-11-7-17(8-12-23)25(27)21-5-3-20-16-22(6-4-19(20)15-21)26(28)18-9-13-24(30-2)14-10-18/h3-16H,1-2H3. The average Bonchev–Trinajstić information content (AvgIpc) is 2.82. The number of benzene rings is 4. The second-order valence-electron chi connectivity index (χ2n) is 6.89. The lowest BCUT2D eigenvalue weighted by molar-refractivity contribution is 0.103. The molecule has 0 aromatic heterocycles. The van der Waals surface area contributed by atoms with Crippen LogP contribution in [-0.2, 0) is 0 Å². The van der Waals surface area contributed by atoms with Gasteiger partial charge in [-0.05, 0) is 71.4 Å². The number of methoxy groups -OCH3 is 2. The Morgan fingerprint density at radius 3 is 1.17 bits per heavy atom. The van der Waals surface area contributed by atoms with E-state index in [2.05, 4.69) is 0 Å². The number of carbonyl (C=O) groups excluding carboxylic acids is 2. The summed E-state index contributed by atoms with van der Waals surface area (Å²) in [6.07, 6.45) is 0. The van der Waals surface area contributed by atoms with E-state index in [9.17, 15) is 9.59 Å². The number of fused-ring (bicyclic) bond motifs is 1. The molecule has 4 heteroatoms. The highest BCUT2D eigenvalue weighted by Gasteiger charge is 2.13. The maximum absolute atomic E-state index is 12.8. The highest BCUT2D eigenvalue weighted by molar-refractivity contribution is 6.12. The van der Waals surface area contributed by atoms with Gasteiger partial charge >= 0.3 is 0 Å². The molecular weight excluding hydrogens is 376 g/mol.